The predicted octanol–water partition coefficient (Wildman–Crippen LogP) is 2.76. The first-order chi connectivity index (χ1) is 10.2. The van der Waals surface area contributed by atoms with E-state index in [0.29, 0.717) is 12.6 Å². The van der Waals surface area contributed by atoms with Crippen LogP contribution in [0.25, 0.3) is 0 Å². The van der Waals surface area contributed by atoms with Crippen molar-refractivity contribution in [1.29, 1.82) is 0 Å². The molecule has 22 heavy (non-hydrogen) atoms. The molecule has 1 aromatic carbocycles. The normalized spacial score (nSPS) is 18.6. The number of fused-ring (bicyclic) bond motifs is 1. The second-order valence-electron chi connectivity index (χ2n) is 7.01. The minimum Gasteiger partial charge on any atom is -0.444 e. The van der Waals surface area contributed by atoms with Crippen LogP contribution in [0.5, 0.6) is 0 Å². The summed E-state index contributed by atoms with van der Waals surface area (Å²) in [6.45, 7) is 8.24. The van der Waals surface area contributed by atoms with E-state index < -0.39 is 5.60 Å². The molecule has 4 N–H and O–H groups in total. The Morgan fingerprint density at radius 1 is 1.45 bits per heavy atom. The monoisotopic (exact) mass is 305 g/mol. The van der Waals surface area contributed by atoms with Crippen LogP contribution in [0.2, 0.25) is 0 Å². The Bertz CT molecular complexity index is 537. The zero-order valence-corrected chi connectivity index (χ0v) is 13.9. The maximum Gasteiger partial charge on any atom is 0.407 e. The molecule has 5 heteroatoms. The summed E-state index contributed by atoms with van der Waals surface area (Å²) >= 11 is 0. The van der Waals surface area contributed by atoms with Crippen molar-refractivity contribution >= 4 is 11.8 Å². The molecule has 0 saturated heterocycles. The van der Waals surface area contributed by atoms with Crippen LogP contribution in [-0.4, -0.2) is 24.3 Å². The van der Waals surface area contributed by atoms with Crippen molar-refractivity contribution < 1.29 is 9.53 Å². The van der Waals surface area contributed by atoms with E-state index >= 15 is 0 Å². The Balaban J connectivity index is 1.81. The van der Waals surface area contributed by atoms with Crippen LogP contribution in [0.15, 0.2) is 18.2 Å². The van der Waals surface area contributed by atoms with Crippen molar-refractivity contribution in [2.24, 2.45) is 0 Å². The summed E-state index contributed by atoms with van der Waals surface area (Å²) in [4.78, 5) is 11.7. The minimum absolute atomic E-state index is 0.00711. The van der Waals surface area contributed by atoms with Gasteiger partial charge in [-0.05, 0) is 63.8 Å². The van der Waals surface area contributed by atoms with E-state index in [0.717, 1.165) is 18.5 Å². The van der Waals surface area contributed by atoms with Crippen LogP contribution in [0.4, 0.5) is 10.5 Å². The van der Waals surface area contributed by atoms with Gasteiger partial charge >= 0.3 is 6.09 Å². The molecule has 0 bridgehead atoms. The molecule has 122 valence electrons. The lowest BCUT2D eigenvalue weighted by atomic mass is 10.1. The first-order valence-electron chi connectivity index (χ1n) is 7.86. The van der Waals surface area contributed by atoms with Crippen LogP contribution >= 0.6 is 0 Å². The Morgan fingerprint density at radius 2 is 2.18 bits per heavy atom. The van der Waals surface area contributed by atoms with Crippen LogP contribution in [0.3, 0.4) is 0 Å². The fourth-order valence-corrected chi connectivity index (χ4v) is 2.73. The highest BCUT2D eigenvalue weighted by molar-refractivity contribution is 5.68. The topological polar surface area (TPSA) is 76.4 Å². The average molecular weight is 305 g/mol. The van der Waals surface area contributed by atoms with E-state index in [1.807, 2.05) is 33.8 Å². The molecule has 2 atom stereocenters. The molecule has 0 fully saturated rings. The number of hydrogen-bond acceptors (Lipinski definition) is 4. The quantitative estimate of drug-likeness (QED) is 0.748. The molecule has 1 aliphatic carbocycles. The van der Waals surface area contributed by atoms with Crippen molar-refractivity contribution in [3.63, 3.8) is 0 Å². The number of amides is 1. The zero-order valence-electron chi connectivity index (χ0n) is 13.9. The molecule has 0 heterocycles. The highest BCUT2D eigenvalue weighted by atomic mass is 16.6. The number of nitrogens with one attached hydrogen (secondary N) is 2. The summed E-state index contributed by atoms with van der Waals surface area (Å²) in [5.41, 5.74) is 8.81. The molecule has 5 nitrogen and oxygen atoms in total. The summed E-state index contributed by atoms with van der Waals surface area (Å²) in [6.07, 6.45) is 1.74. The Hall–Kier alpha value is -1.75. The van der Waals surface area contributed by atoms with Gasteiger partial charge in [0.25, 0.3) is 0 Å². The Morgan fingerprint density at radius 3 is 2.86 bits per heavy atom. The van der Waals surface area contributed by atoms with Gasteiger partial charge in [0.15, 0.2) is 0 Å². The van der Waals surface area contributed by atoms with Crippen molar-refractivity contribution in [2.45, 2.75) is 58.2 Å². The number of alkyl carbamates (subject to hydrolysis) is 1. The molecule has 2 unspecified atom stereocenters. The lowest BCUT2D eigenvalue weighted by Crippen LogP contribution is -2.43. The van der Waals surface area contributed by atoms with E-state index in [1.165, 1.54) is 11.1 Å². The highest BCUT2D eigenvalue weighted by Gasteiger charge is 2.23. The summed E-state index contributed by atoms with van der Waals surface area (Å²) in [7, 11) is 0. The molecule has 2 rings (SSSR count). The lowest BCUT2D eigenvalue weighted by Gasteiger charge is -2.23. The summed E-state index contributed by atoms with van der Waals surface area (Å²) < 4.78 is 5.26. The number of hydrogen-bond donors (Lipinski definition) is 3. The molecule has 1 aromatic rings. The van der Waals surface area contributed by atoms with Gasteiger partial charge in [-0.15, -0.1) is 0 Å². The largest absolute Gasteiger partial charge is 0.444 e. The van der Waals surface area contributed by atoms with Crippen molar-refractivity contribution in [3.05, 3.63) is 29.3 Å². The van der Waals surface area contributed by atoms with Crippen molar-refractivity contribution in [2.75, 3.05) is 12.3 Å². The minimum atomic E-state index is -0.471. The van der Waals surface area contributed by atoms with Gasteiger partial charge in [-0.25, -0.2) is 4.79 Å². The molecule has 0 aliphatic heterocycles. The average Bonchev–Trinajstić information content (AvgIpc) is 2.76. The van der Waals surface area contributed by atoms with Crippen LogP contribution < -0.4 is 16.4 Å². The van der Waals surface area contributed by atoms with E-state index in [9.17, 15) is 4.79 Å². The standard InChI is InChI=1S/C17H27N3O2/c1-11(20-16(21)22-17(2,3)4)10-19-15-8-5-12-9-13(18)6-7-14(12)15/h6-7,9,11,15,19H,5,8,10,18H2,1-4H3,(H,20,21). The maximum absolute atomic E-state index is 11.7. The maximum atomic E-state index is 11.7. The summed E-state index contributed by atoms with van der Waals surface area (Å²) in [5.74, 6) is 0. The van der Waals surface area contributed by atoms with Gasteiger partial charge in [0, 0.05) is 24.3 Å². The lowest BCUT2D eigenvalue weighted by molar-refractivity contribution is 0.0507. The molecule has 1 amide bonds. The molecule has 0 spiro atoms. The number of anilines is 1. The van der Waals surface area contributed by atoms with E-state index in [-0.39, 0.29) is 12.1 Å². The number of ether oxygens (including phenoxy) is 1. The third-order valence-corrected chi connectivity index (χ3v) is 3.68. The van der Waals surface area contributed by atoms with Gasteiger partial charge in [0.2, 0.25) is 0 Å². The number of nitrogens with two attached hydrogens (primary N) is 1. The van der Waals surface area contributed by atoms with E-state index in [1.54, 1.807) is 0 Å². The number of benzene rings is 1. The Labute approximate surface area is 132 Å². The van der Waals surface area contributed by atoms with Gasteiger partial charge in [0.1, 0.15) is 5.60 Å². The second-order valence-corrected chi connectivity index (χ2v) is 7.01. The molecule has 0 saturated carbocycles. The third kappa shape index (κ3) is 4.63. The first-order valence-corrected chi connectivity index (χ1v) is 7.86. The van der Waals surface area contributed by atoms with Gasteiger partial charge < -0.3 is 21.1 Å². The summed E-state index contributed by atoms with van der Waals surface area (Å²) in [6, 6.07) is 6.44. The highest BCUT2D eigenvalue weighted by Crippen LogP contribution is 2.32. The number of rotatable bonds is 4. The Kier molecular flexibility index (Phi) is 4.96. The second kappa shape index (κ2) is 6.57. The van der Waals surface area contributed by atoms with Gasteiger partial charge in [-0.2, -0.15) is 0 Å². The molecule has 1 aliphatic rings. The molecule has 0 radical (unpaired) electrons. The number of aryl methyl sites for hydroxylation is 1. The zero-order chi connectivity index (χ0) is 16.3. The fourth-order valence-electron chi connectivity index (χ4n) is 2.73. The predicted molar refractivity (Wildman–Crippen MR) is 88.8 cm³/mol. The molecular weight excluding hydrogens is 278 g/mol. The number of carbonyl (C=O) groups excluding carboxylic acids is 1. The van der Waals surface area contributed by atoms with Crippen molar-refractivity contribution in [3.8, 4) is 0 Å². The van der Waals surface area contributed by atoms with E-state index in [4.69, 9.17) is 10.5 Å². The summed E-state index contributed by atoms with van der Waals surface area (Å²) in [5, 5.41) is 6.36. The smallest absolute Gasteiger partial charge is 0.407 e. The SMILES string of the molecule is CC(CNC1CCc2cc(N)ccc21)NC(=O)OC(C)(C)C. The van der Waals surface area contributed by atoms with Crippen LogP contribution in [0, 0.1) is 0 Å². The molecular formula is C17H27N3O2. The van der Waals surface area contributed by atoms with Gasteiger partial charge in [0.05, 0.1) is 0 Å². The van der Waals surface area contributed by atoms with Gasteiger partial charge in [-0.3, -0.25) is 0 Å². The first kappa shape index (κ1) is 16.6. The number of nitrogen functional groups attached to an aromatic ring is 1. The van der Waals surface area contributed by atoms with E-state index in [2.05, 4.69) is 22.8 Å². The molecule has 0 aromatic heterocycles. The third-order valence-electron chi connectivity index (χ3n) is 3.68. The van der Waals surface area contributed by atoms with Gasteiger partial charge in [-0.1, -0.05) is 6.07 Å². The van der Waals surface area contributed by atoms with Crippen LogP contribution in [-0.2, 0) is 11.2 Å². The fraction of sp³-hybridized carbons (Fsp3) is 0.588. The van der Waals surface area contributed by atoms with Crippen LogP contribution in [0.1, 0.15) is 51.3 Å². The van der Waals surface area contributed by atoms with Crippen molar-refractivity contribution in [1.82, 2.24) is 10.6 Å². The number of carbonyl (C=O) groups is 1.